The Morgan fingerprint density at radius 2 is 1.95 bits per heavy atom. The Hall–Kier alpha value is -2.11. The molecule has 2 rings (SSSR count). The van der Waals surface area contributed by atoms with Gasteiger partial charge in [0.25, 0.3) is 5.91 Å². The standard InChI is InChI=1S/C14H16FNO4/c15-11-7-8(17)5-6-9(11)13(18)16-12-4-2-1-3-10(12)14(19)20/h5-7,10,12,17H,1-4H2,(H,16,18)(H,19,20). The van der Waals surface area contributed by atoms with Crippen LogP contribution < -0.4 is 5.32 Å². The van der Waals surface area contributed by atoms with Crippen molar-refractivity contribution in [3.8, 4) is 5.75 Å². The van der Waals surface area contributed by atoms with Crippen molar-refractivity contribution in [3.63, 3.8) is 0 Å². The van der Waals surface area contributed by atoms with E-state index in [2.05, 4.69) is 5.32 Å². The summed E-state index contributed by atoms with van der Waals surface area (Å²) in [6, 6.07) is 2.76. The van der Waals surface area contributed by atoms with Gasteiger partial charge in [-0.2, -0.15) is 0 Å². The summed E-state index contributed by atoms with van der Waals surface area (Å²) in [5, 5.41) is 20.8. The van der Waals surface area contributed by atoms with Gasteiger partial charge in [0.15, 0.2) is 0 Å². The Morgan fingerprint density at radius 3 is 2.60 bits per heavy atom. The Kier molecular flexibility index (Phi) is 4.22. The molecule has 20 heavy (non-hydrogen) atoms. The lowest BCUT2D eigenvalue weighted by molar-refractivity contribution is -0.143. The number of phenolic OH excluding ortho intramolecular Hbond substituents is 1. The van der Waals surface area contributed by atoms with Gasteiger partial charge >= 0.3 is 5.97 Å². The number of carbonyl (C=O) groups excluding carboxylic acids is 1. The molecule has 2 unspecified atom stereocenters. The SMILES string of the molecule is O=C(NC1CCCCC1C(=O)O)c1ccc(O)cc1F. The van der Waals surface area contributed by atoms with Crippen LogP contribution in [0.25, 0.3) is 0 Å². The maximum Gasteiger partial charge on any atom is 0.308 e. The molecule has 1 amide bonds. The van der Waals surface area contributed by atoms with E-state index in [0.29, 0.717) is 12.8 Å². The molecule has 1 aromatic carbocycles. The zero-order valence-electron chi connectivity index (χ0n) is 10.8. The second-order valence-electron chi connectivity index (χ2n) is 4.97. The molecule has 0 aliphatic heterocycles. The van der Waals surface area contributed by atoms with Crippen LogP contribution in [0.1, 0.15) is 36.0 Å². The fraction of sp³-hybridized carbons (Fsp3) is 0.429. The van der Waals surface area contributed by atoms with E-state index in [1.165, 1.54) is 12.1 Å². The first-order valence-corrected chi connectivity index (χ1v) is 6.51. The number of halogens is 1. The number of benzene rings is 1. The maximum atomic E-state index is 13.6. The van der Waals surface area contributed by atoms with Gasteiger partial charge in [-0.05, 0) is 25.0 Å². The number of rotatable bonds is 3. The summed E-state index contributed by atoms with van der Waals surface area (Å²) in [5.41, 5.74) is -0.197. The molecule has 1 aromatic rings. The number of carboxylic acids is 1. The maximum absolute atomic E-state index is 13.6. The average molecular weight is 281 g/mol. The lowest BCUT2D eigenvalue weighted by Crippen LogP contribution is -2.45. The molecule has 0 radical (unpaired) electrons. The Balaban J connectivity index is 2.11. The summed E-state index contributed by atoms with van der Waals surface area (Å²) >= 11 is 0. The predicted molar refractivity (Wildman–Crippen MR) is 68.9 cm³/mol. The minimum atomic E-state index is -0.943. The van der Waals surface area contributed by atoms with Gasteiger partial charge in [-0.1, -0.05) is 12.8 Å². The average Bonchev–Trinajstić information content (AvgIpc) is 2.38. The number of carboxylic acid groups (broad SMARTS) is 1. The Labute approximate surface area is 115 Å². The molecule has 6 heteroatoms. The van der Waals surface area contributed by atoms with E-state index in [4.69, 9.17) is 10.2 Å². The van der Waals surface area contributed by atoms with Gasteiger partial charge < -0.3 is 15.5 Å². The van der Waals surface area contributed by atoms with Crippen LogP contribution in [-0.4, -0.2) is 28.1 Å². The first kappa shape index (κ1) is 14.3. The van der Waals surface area contributed by atoms with Crippen molar-refractivity contribution in [2.75, 3.05) is 0 Å². The minimum absolute atomic E-state index is 0.197. The molecular formula is C14H16FNO4. The molecule has 5 nitrogen and oxygen atoms in total. The van der Waals surface area contributed by atoms with Gasteiger partial charge in [-0.3, -0.25) is 9.59 Å². The first-order valence-electron chi connectivity index (χ1n) is 6.51. The van der Waals surface area contributed by atoms with Gasteiger partial charge in [-0.25, -0.2) is 4.39 Å². The third-order valence-corrected chi connectivity index (χ3v) is 3.60. The van der Waals surface area contributed by atoms with Crippen LogP contribution in [0.3, 0.4) is 0 Å². The van der Waals surface area contributed by atoms with Crippen LogP contribution in [-0.2, 0) is 4.79 Å². The summed E-state index contributed by atoms with van der Waals surface area (Å²) in [5.74, 6) is -3.32. The van der Waals surface area contributed by atoms with Crippen LogP contribution in [0.5, 0.6) is 5.75 Å². The van der Waals surface area contributed by atoms with Crippen LogP contribution in [0.4, 0.5) is 4.39 Å². The van der Waals surface area contributed by atoms with Crippen molar-refractivity contribution in [3.05, 3.63) is 29.6 Å². The van der Waals surface area contributed by atoms with Crippen LogP contribution in [0.15, 0.2) is 18.2 Å². The van der Waals surface area contributed by atoms with E-state index in [1.54, 1.807) is 0 Å². The highest BCUT2D eigenvalue weighted by Gasteiger charge is 2.32. The van der Waals surface area contributed by atoms with E-state index in [1.807, 2.05) is 0 Å². The normalized spacial score (nSPS) is 22.2. The number of carbonyl (C=O) groups is 2. The number of hydrogen-bond acceptors (Lipinski definition) is 3. The van der Waals surface area contributed by atoms with Crippen LogP contribution in [0.2, 0.25) is 0 Å². The fourth-order valence-electron chi connectivity index (χ4n) is 2.53. The number of amides is 1. The molecular weight excluding hydrogens is 265 g/mol. The van der Waals surface area contributed by atoms with Crippen molar-refractivity contribution in [1.29, 1.82) is 0 Å². The summed E-state index contributed by atoms with van der Waals surface area (Å²) in [4.78, 5) is 23.1. The Morgan fingerprint density at radius 1 is 1.25 bits per heavy atom. The molecule has 3 N–H and O–H groups in total. The molecule has 1 saturated carbocycles. The summed E-state index contributed by atoms with van der Waals surface area (Å²) in [6.07, 6.45) is 2.74. The second-order valence-corrected chi connectivity index (χ2v) is 4.97. The van der Waals surface area contributed by atoms with Crippen LogP contribution >= 0.6 is 0 Å². The second kappa shape index (κ2) is 5.90. The number of hydrogen-bond donors (Lipinski definition) is 3. The largest absolute Gasteiger partial charge is 0.508 e. The number of aliphatic carboxylic acids is 1. The molecule has 0 saturated heterocycles. The summed E-state index contributed by atoms with van der Waals surface area (Å²) in [6.45, 7) is 0. The van der Waals surface area contributed by atoms with Crippen molar-refractivity contribution in [2.24, 2.45) is 5.92 Å². The first-order chi connectivity index (χ1) is 9.49. The van der Waals surface area contributed by atoms with Gasteiger partial charge in [-0.15, -0.1) is 0 Å². The van der Waals surface area contributed by atoms with E-state index in [9.17, 15) is 14.0 Å². The van der Waals surface area contributed by atoms with E-state index in [-0.39, 0.29) is 11.3 Å². The van der Waals surface area contributed by atoms with Gasteiger partial charge in [0.2, 0.25) is 0 Å². The number of nitrogens with one attached hydrogen (secondary N) is 1. The summed E-state index contributed by atoms with van der Waals surface area (Å²) < 4.78 is 13.6. The topological polar surface area (TPSA) is 86.6 Å². The lowest BCUT2D eigenvalue weighted by Gasteiger charge is -2.29. The molecule has 1 fully saturated rings. The van der Waals surface area contributed by atoms with Crippen molar-refractivity contribution >= 4 is 11.9 Å². The van der Waals surface area contributed by atoms with E-state index < -0.39 is 29.7 Å². The number of aromatic hydroxyl groups is 1. The number of phenols is 1. The third kappa shape index (κ3) is 3.07. The zero-order valence-corrected chi connectivity index (χ0v) is 10.8. The molecule has 0 aromatic heterocycles. The third-order valence-electron chi connectivity index (χ3n) is 3.60. The van der Waals surface area contributed by atoms with Crippen molar-refractivity contribution in [2.45, 2.75) is 31.7 Å². The molecule has 1 aliphatic carbocycles. The lowest BCUT2D eigenvalue weighted by atomic mass is 9.84. The Bertz CT molecular complexity index is 532. The summed E-state index contributed by atoms with van der Waals surface area (Å²) in [7, 11) is 0. The van der Waals surface area contributed by atoms with Gasteiger partial charge in [0.1, 0.15) is 11.6 Å². The monoisotopic (exact) mass is 281 g/mol. The van der Waals surface area contributed by atoms with E-state index >= 15 is 0 Å². The molecule has 0 heterocycles. The van der Waals surface area contributed by atoms with Gasteiger partial charge in [0.05, 0.1) is 11.5 Å². The molecule has 0 bridgehead atoms. The fourth-order valence-corrected chi connectivity index (χ4v) is 2.53. The smallest absolute Gasteiger partial charge is 0.308 e. The highest BCUT2D eigenvalue weighted by molar-refractivity contribution is 5.95. The molecule has 108 valence electrons. The predicted octanol–water partition coefficient (Wildman–Crippen LogP) is 1.90. The van der Waals surface area contributed by atoms with Crippen molar-refractivity contribution < 1.29 is 24.2 Å². The zero-order chi connectivity index (χ0) is 14.7. The van der Waals surface area contributed by atoms with Gasteiger partial charge in [0, 0.05) is 12.1 Å². The highest BCUT2D eigenvalue weighted by atomic mass is 19.1. The van der Waals surface area contributed by atoms with Crippen molar-refractivity contribution in [1.82, 2.24) is 5.32 Å². The molecule has 1 aliphatic rings. The quantitative estimate of drug-likeness (QED) is 0.789. The van der Waals surface area contributed by atoms with E-state index in [0.717, 1.165) is 18.9 Å². The minimum Gasteiger partial charge on any atom is -0.508 e. The van der Waals surface area contributed by atoms with Crippen LogP contribution in [0, 0.1) is 11.7 Å². The highest BCUT2D eigenvalue weighted by Crippen LogP contribution is 2.25. The molecule has 2 atom stereocenters. The molecule has 0 spiro atoms.